The fraction of sp³-hybridized carbons (Fsp3) is 0.263. The second kappa shape index (κ2) is 9.09. The van der Waals surface area contributed by atoms with E-state index in [9.17, 15) is 18.4 Å². The third-order valence-electron chi connectivity index (χ3n) is 3.98. The van der Waals surface area contributed by atoms with E-state index in [-0.39, 0.29) is 36.9 Å². The summed E-state index contributed by atoms with van der Waals surface area (Å²) in [6, 6.07) is 9.77. The van der Waals surface area contributed by atoms with Crippen molar-refractivity contribution < 1.29 is 28.2 Å². The minimum atomic E-state index is -1.05. The highest BCUT2D eigenvalue weighted by atomic mass is 19.1. The van der Waals surface area contributed by atoms with Crippen LogP contribution in [0.4, 0.5) is 14.5 Å². The van der Waals surface area contributed by atoms with E-state index in [1.807, 2.05) is 0 Å². The number of carboxylic acid groups (broad SMARTS) is 1. The monoisotopic (exact) mass is 378 g/mol. The smallest absolute Gasteiger partial charge is 0.308 e. The van der Waals surface area contributed by atoms with Crippen molar-refractivity contribution >= 4 is 17.6 Å². The Morgan fingerprint density at radius 3 is 2.59 bits per heavy atom. The van der Waals surface area contributed by atoms with Gasteiger partial charge in [-0.25, -0.2) is 8.78 Å². The number of benzene rings is 2. The SMILES string of the molecule is CN.O=C(O)C1CC(=O)N(c2ccc(OCc3cccc(F)c3)c(F)c2)C1. The second-order valence-corrected chi connectivity index (χ2v) is 5.78. The molecule has 1 heterocycles. The van der Waals surface area contributed by atoms with Gasteiger partial charge in [0.2, 0.25) is 5.91 Å². The second-order valence-electron chi connectivity index (χ2n) is 5.78. The van der Waals surface area contributed by atoms with E-state index in [2.05, 4.69) is 5.73 Å². The van der Waals surface area contributed by atoms with Gasteiger partial charge >= 0.3 is 5.97 Å². The molecule has 8 heteroatoms. The van der Waals surface area contributed by atoms with Gasteiger partial charge in [0.05, 0.1) is 5.92 Å². The number of anilines is 1. The summed E-state index contributed by atoms with van der Waals surface area (Å²) in [5.41, 5.74) is 5.34. The molecular formula is C19H20F2N2O4. The zero-order valence-corrected chi connectivity index (χ0v) is 14.7. The molecular weight excluding hydrogens is 358 g/mol. The zero-order valence-electron chi connectivity index (χ0n) is 14.7. The van der Waals surface area contributed by atoms with Crippen LogP contribution in [0.5, 0.6) is 5.75 Å². The lowest BCUT2D eigenvalue weighted by Gasteiger charge is -2.17. The number of ether oxygens (including phenoxy) is 1. The quantitative estimate of drug-likeness (QED) is 0.834. The molecule has 2 aromatic carbocycles. The maximum absolute atomic E-state index is 14.2. The molecule has 3 rings (SSSR count). The lowest BCUT2D eigenvalue weighted by molar-refractivity contribution is -0.141. The number of nitrogens with two attached hydrogens (primary N) is 1. The van der Waals surface area contributed by atoms with Gasteiger partial charge in [-0.15, -0.1) is 0 Å². The molecule has 3 N–H and O–H groups in total. The van der Waals surface area contributed by atoms with Crippen LogP contribution >= 0.6 is 0 Å². The van der Waals surface area contributed by atoms with E-state index in [4.69, 9.17) is 9.84 Å². The minimum Gasteiger partial charge on any atom is -0.486 e. The van der Waals surface area contributed by atoms with Crippen molar-refractivity contribution in [2.45, 2.75) is 13.0 Å². The molecule has 6 nitrogen and oxygen atoms in total. The van der Waals surface area contributed by atoms with Crippen molar-refractivity contribution in [2.24, 2.45) is 11.7 Å². The van der Waals surface area contributed by atoms with Gasteiger partial charge in [-0.3, -0.25) is 9.59 Å². The topological polar surface area (TPSA) is 92.9 Å². The summed E-state index contributed by atoms with van der Waals surface area (Å²) in [6.07, 6.45) is -0.102. The molecule has 1 unspecified atom stereocenters. The Balaban J connectivity index is 0.00000126. The van der Waals surface area contributed by atoms with Gasteiger partial charge in [-0.05, 0) is 36.9 Å². The predicted molar refractivity (Wildman–Crippen MR) is 95.3 cm³/mol. The fourth-order valence-electron chi connectivity index (χ4n) is 2.69. The molecule has 0 radical (unpaired) electrons. The molecule has 1 aliphatic rings. The van der Waals surface area contributed by atoms with Gasteiger partial charge < -0.3 is 20.5 Å². The Hall–Kier alpha value is -3.00. The van der Waals surface area contributed by atoms with Crippen LogP contribution in [0, 0.1) is 17.6 Å². The molecule has 144 valence electrons. The van der Waals surface area contributed by atoms with Gasteiger partial charge in [0, 0.05) is 24.7 Å². The van der Waals surface area contributed by atoms with Crippen LogP contribution in [0.2, 0.25) is 0 Å². The Kier molecular flexibility index (Phi) is 6.84. The maximum Gasteiger partial charge on any atom is 0.308 e. The van der Waals surface area contributed by atoms with Crippen molar-refractivity contribution in [3.05, 3.63) is 59.7 Å². The summed E-state index contributed by atoms with van der Waals surface area (Å²) in [7, 11) is 1.50. The van der Waals surface area contributed by atoms with Crippen molar-refractivity contribution in [3.63, 3.8) is 0 Å². The average molecular weight is 378 g/mol. The number of amides is 1. The number of hydrogen-bond acceptors (Lipinski definition) is 4. The van der Waals surface area contributed by atoms with Crippen LogP contribution in [0.3, 0.4) is 0 Å². The van der Waals surface area contributed by atoms with Crippen LogP contribution in [0.1, 0.15) is 12.0 Å². The predicted octanol–water partition coefficient (Wildman–Crippen LogP) is 2.56. The fourth-order valence-corrected chi connectivity index (χ4v) is 2.69. The van der Waals surface area contributed by atoms with Crippen LogP contribution in [0.15, 0.2) is 42.5 Å². The van der Waals surface area contributed by atoms with Crippen LogP contribution < -0.4 is 15.4 Å². The van der Waals surface area contributed by atoms with Crippen molar-refractivity contribution in [2.75, 3.05) is 18.5 Å². The highest BCUT2D eigenvalue weighted by molar-refractivity contribution is 5.99. The summed E-state index contributed by atoms with van der Waals surface area (Å²) >= 11 is 0. The van der Waals surface area contributed by atoms with E-state index in [0.29, 0.717) is 5.56 Å². The standard InChI is InChI=1S/C18H15F2NO4.CH5N/c19-13-3-1-2-11(6-13)10-25-16-5-4-14(8-15(16)20)21-9-12(18(23)24)7-17(21)22;1-2/h1-6,8,12H,7,9-10H2,(H,23,24);2H2,1H3. The summed E-state index contributed by atoms with van der Waals surface area (Å²) in [6.45, 7) is 0.00879. The summed E-state index contributed by atoms with van der Waals surface area (Å²) in [5, 5.41) is 8.99. The zero-order chi connectivity index (χ0) is 20.0. The van der Waals surface area contributed by atoms with E-state index in [1.54, 1.807) is 6.07 Å². The first-order valence-electron chi connectivity index (χ1n) is 8.22. The molecule has 0 bridgehead atoms. The van der Waals surface area contributed by atoms with Crippen molar-refractivity contribution in [1.82, 2.24) is 0 Å². The van der Waals surface area contributed by atoms with Gasteiger partial charge in [0.15, 0.2) is 11.6 Å². The number of carbonyl (C=O) groups excluding carboxylic acids is 1. The first-order chi connectivity index (χ1) is 12.9. The molecule has 0 saturated carbocycles. The van der Waals surface area contributed by atoms with Crippen molar-refractivity contribution in [3.8, 4) is 5.75 Å². The highest BCUT2D eigenvalue weighted by Gasteiger charge is 2.35. The normalized spacial score (nSPS) is 15.9. The number of halogens is 2. The number of aliphatic carboxylic acids is 1. The minimum absolute atomic E-state index is 0.00222. The molecule has 1 amide bonds. The summed E-state index contributed by atoms with van der Waals surface area (Å²) < 4.78 is 32.7. The largest absolute Gasteiger partial charge is 0.486 e. The first-order valence-corrected chi connectivity index (χ1v) is 8.22. The van der Waals surface area contributed by atoms with Crippen LogP contribution in [0.25, 0.3) is 0 Å². The van der Waals surface area contributed by atoms with Gasteiger partial charge in [-0.1, -0.05) is 12.1 Å². The first kappa shape index (κ1) is 20.3. The Morgan fingerprint density at radius 1 is 1.26 bits per heavy atom. The highest BCUT2D eigenvalue weighted by Crippen LogP contribution is 2.29. The van der Waals surface area contributed by atoms with E-state index >= 15 is 0 Å². The molecule has 1 saturated heterocycles. The molecule has 0 spiro atoms. The van der Waals surface area contributed by atoms with E-state index < -0.39 is 23.5 Å². The van der Waals surface area contributed by atoms with Gasteiger partial charge in [0.1, 0.15) is 12.4 Å². The number of carboxylic acids is 1. The number of nitrogens with zero attached hydrogens (tertiary/aromatic N) is 1. The molecule has 0 aromatic heterocycles. The molecule has 1 atom stereocenters. The van der Waals surface area contributed by atoms with Crippen LogP contribution in [-0.4, -0.2) is 30.6 Å². The lowest BCUT2D eigenvalue weighted by Crippen LogP contribution is -2.25. The number of hydrogen-bond donors (Lipinski definition) is 2. The van der Waals surface area contributed by atoms with Gasteiger partial charge in [0.25, 0.3) is 0 Å². The Morgan fingerprint density at radius 2 is 2.00 bits per heavy atom. The summed E-state index contributed by atoms with van der Waals surface area (Å²) in [5.74, 6) is -3.32. The number of rotatable bonds is 5. The maximum atomic E-state index is 14.2. The van der Waals surface area contributed by atoms with Gasteiger partial charge in [-0.2, -0.15) is 0 Å². The van der Waals surface area contributed by atoms with Crippen molar-refractivity contribution in [1.29, 1.82) is 0 Å². The molecule has 2 aromatic rings. The Bertz CT molecular complexity index is 829. The summed E-state index contributed by atoms with van der Waals surface area (Å²) in [4.78, 5) is 24.1. The molecule has 1 fully saturated rings. The van der Waals surface area contributed by atoms with E-state index in [0.717, 1.165) is 6.07 Å². The van der Waals surface area contributed by atoms with E-state index in [1.165, 1.54) is 42.3 Å². The molecule has 1 aliphatic heterocycles. The molecule has 0 aliphatic carbocycles. The Labute approximate surface area is 155 Å². The average Bonchev–Trinajstić information content (AvgIpc) is 3.04. The third-order valence-corrected chi connectivity index (χ3v) is 3.98. The number of carbonyl (C=O) groups is 2. The van der Waals surface area contributed by atoms with Crippen LogP contribution in [-0.2, 0) is 16.2 Å². The molecule has 27 heavy (non-hydrogen) atoms. The lowest BCUT2D eigenvalue weighted by atomic mass is 10.1. The third kappa shape index (κ3) is 5.01.